The molecule has 2 saturated carbocycles. The maximum atomic E-state index is 11.7. The number of amides is 3. The second-order valence-corrected chi connectivity index (χ2v) is 5.91. The molecule has 1 unspecified atom stereocenters. The van der Waals surface area contributed by atoms with Crippen LogP contribution < -0.4 is 21.7 Å². The van der Waals surface area contributed by atoms with Crippen LogP contribution in [0.3, 0.4) is 0 Å². The quantitative estimate of drug-likeness (QED) is 0.585. The molecule has 0 spiro atoms. The Labute approximate surface area is 132 Å². The van der Waals surface area contributed by atoms with E-state index in [2.05, 4.69) is 16.0 Å². The molecule has 21 heavy (non-hydrogen) atoms. The van der Waals surface area contributed by atoms with Crippen LogP contribution in [0.15, 0.2) is 0 Å². The van der Waals surface area contributed by atoms with Gasteiger partial charge in [-0.3, -0.25) is 4.79 Å². The maximum absolute atomic E-state index is 11.7. The maximum Gasteiger partial charge on any atom is 0.315 e. The molecule has 0 aromatic rings. The number of urea groups is 1. The molecule has 0 aromatic heterocycles. The van der Waals surface area contributed by atoms with Crippen LogP contribution in [-0.2, 0) is 4.79 Å². The van der Waals surface area contributed by atoms with Crippen LogP contribution in [-0.4, -0.2) is 37.1 Å². The van der Waals surface area contributed by atoms with Gasteiger partial charge < -0.3 is 21.7 Å². The highest BCUT2D eigenvalue weighted by Crippen LogP contribution is 2.32. The largest absolute Gasteiger partial charge is 0.350 e. The van der Waals surface area contributed by atoms with Crippen LogP contribution in [0, 0.1) is 5.92 Å². The highest BCUT2D eigenvalue weighted by Gasteiger charge is 2.31. The molecule has 122 valence electrons. The zero-order chi connectivity index (χ0) is 14.4. The molecule has 0 bridgehead atoms. The predicted molar refractivity (Wildman–Crippen MR) is 84.4 cm³/mol. The van der Waals surface area contributed by atoms with E-state index in [0.29, 0.717) is 12.5 Å². The SMILES string of the molecule is Cl.NCC(NC(=O)CNC(=O)NC1CCCCC1)C1CC1. The van der Waals surface area contributed by atoms with Gasteiger partial charge >= 0.3 is 6.03 Å². The number of nitrogens with two attached hydrogens (primary N) is 1. The summed E-state index contributed by atoms with van der Waals surface area (Å²) in [6.45, 7) is 0.479. The van der Waals surface area contributed by atoms with Crippen molar-refractivity contribution in [3.05, 3.63) is 0 Å². The molecule has 2 fully saturated rings. The predicted octanol–water partition coefficient (Wildman–Crippen LogP) is 0.894. The Kier molecular flexibility index (Phi) is 7.82. The van der Waals surface area contributed by atoms with Crippen LogP contribution in [0.25, 0.3) is 0 Å². The van der Waals surface area contributed by atoms with E-state index in [1.165, 1.54) is 19.3 Å². The molecule has 0 radical (unpaired) electrons. The Hall–Kier alpha value is -1.01. The fourth-order valence-corrected chi connectivity index (χ4v) is 2.77. The van der Waals surface area contributed by atoms with Crippen LogP contribution >= 0.6 is 12.4 Å². The van der Waals surface area contributed by atoms with E-state index in [9.17, 15) is 9.59 Å². The average Bonchev–Trinajstić information content (AvgIpc) is 3.28. The number of carbonyl (C=O) groups is 2. The number of halogens is 1. The standard InChI is InChI=1S/C14H26N4O2.ClH/c15-8-12(10-6-7-10)18-13(19)9-16-14(20)17-11-4-2-1-3-5-11;/h10-12H,1-9,15H2,(H,18,19)(H2,16,17,20);1H. The van der Waals surface area contributed by atoms with Crippen LogP contribution in [0.1, 0.15) is 44.9 Å². The number of rotatable bonds is 6. The van der Waals surface area contributed by atoms with E-state index in [4.69, 9.17) is 5.73 Å². The highest BCUT2D eigenvalue weighted by molar-refractivity contribution is 5.85. The van der Waals surface area contributed by atoms with Gasteiger partial charge in [-0.25, -0.2) is 4.79 Å². The molecule has 2 aliphatic carbocycles. The molecule has 0 saturated heterocycles. The van der Waals surface area contributed by atoms with E-state index in [-0.39, 0.29) is 43.0 Å². The van der Waals surface area contributed by atoms with Crippen molar-refractivity contribution >= 4 is 24.3 Å². The lowest BCUT2D eigenvalue weighted by Crippen LogP contribution is -2.49. The number of hydrogen-bond acceptors (Lipinski definition) is 3. The minimum Gasteiger partial charge on any atom is -0.350 e. The molecular formula is C14H27ClN4O2. The first-order valence-electron chi connectivity index (χ1n) is 7.73. The molecule has 7 heteroatoms. The fourth-order valence-electron chi connectivity index (χ4n) is 2.77. The van der Waals surface area contributed by atoms with Crippen molar-refractivity contribution in [1.29, 1.82) is 0 Å². The lowest BCUT2D eigenvalue weighted by Gasteiger charge is -2.23. The van der Waals surface area contributed by atoms with Crippen molar-refractivity contribution in [2.75, 3.05) is 13.1 Å². The monoisotopic (exact) mass is 318 g/mol. The molecule has 0 aliphatic heterocycles. The van der Waals surface area contributed by atoms with Gasteiger partial charge in [0.1, 0.15) is 0 Å². The summed E-state index contributed by atoms with van der Waals surface area (Å²) in [6.07, 6.45) is 7.95. The number of nitrogens with one attached hydrogen (secondary N) is 3. The number of carbonyl (C=O) groups excluding carboxylic acids is 2. The average molecular weight is 319 g/mol. The van der Waals surface area contributed by atoms with Crippen LogP contribution in [0.4, 0.5) is 4.79 Å². The van der Waals surface area contributed by atoms with Crippen molar-refractivity contribution in [3.8, 4) is 0 Å². The zero-order valence-electron chi connectivity index (χ0n) is 12.4. The number of hydrogen-bond donors (Lipinski definition) is 4. The van der Waals surface area contributed by atoms with E-state index < -0.39 is 0 Å². The Morgan fingerprint density at radius 1 is 1.10 bits per heavy atom. The molecular weight excluding hydrogens is 292 g/mol. The molecule has 0 aromatic carbocycles. The lowest BCUT2D eigenvalue weighted by molar-refractivity contribution is -0.120. The lowest BCUT2D eigenvalue weighted by atomic mass is 9.96. The summed E-state index contributed by atoms with van der Waals surface area (Å²) in [5, 5.41) is 8.42. The third kappa shape index (κ3) is 6.52. The Bertz CT molecular complexity index is 344. The van der Waals surface area contributed by atoms with Gasteiger partial charge in [-0.1, -0.05) is 19.3 Å². The van der Waals surface area contributed by atoms with Gasteiger partial charge in [0.05, 0.1) is 6.54 Å². The molecule has 2 rings (SSSR count). The van der Waals surface area contributed by atoms with Crippen molar-refractivity contribution in [3.63, 3.8) is 0 Å². The van der Waals surface area contributed by atoms with Crippen LogP contribution in [0.5, 0.6) is 0 Å². The summed E-state index contributed by atoms with van der Waals surface area (Å²) in [5.41, 5.74) is 5.63. The minimum absolute atomic E-state index is 0. The van der Waals surface area contributed by atoms with E-state index in [1.54, 1.807) is 0 Å². The first kappa shape index (κ1) is 18.0. The summed E-state index contributed by atoms with van der Waals surface area (Å²) < 4.78 is 0. The van der Waals surface area contributed by atoms with Gasteiger partial charge in [-0.15, -0.1) is 12.4 Å². The van der Waals surface area contributed by atoms with Crippen molar-refractivity contribution < 1.29 is 9.59 Å². The van der Waals surface area contributed by atoms with Gasteiger partial charge in [0.2, 0.25) is 5.91 Å². The second-order valence-electron chi connectivity index (χ2n) is 5.91. The molecule has 6 nitrogen and oxygen atoms in total. The van der Waals surface area contributed by atoms with Gasteiger partial charge in [0.25, 0.3) is 0 Å². The van der Waals surface area contributed by atoms with Crippen molar-refractivity contribution in [2.45, 2.75) is 57.0 Å². The molecule has 0 heterocycles. The summed E-state index contributed by atoms with van der Waals surface area (Å²) in [6, 6.07) is 0.0727. The summed E-state index contributed by atoms with van der Waals surface area (Å²) in [7, 11) is 0. The normalized spacial score (nSPS) is 20.0. The van der Waals surface area contributed by atoms with Gasteiger partial charge in [0.15, 0.2) is 0 Å². The molecule has 1 atom stereocenters. The smallest absolute Gasteiger partial charge is 0.315 e. The zero-order valence-corrected chi connectivity index (χ0v) is 13.2. The Morgan fingerprint density at radius 2 is 1.76 bits per heavy atom. The van der Waals surface area contributed by atoms with Crippen molar-refractivity contribution in [1.82, 2.24) is 16.0 Å². The third-order valence-electron chi connectivity index (χ3n) is 4.14. The van der Waals surface area contributed by atoms with Crippen LogP contribution in [0.2, 0.25) is 0 Å². The highest BCUT2D eigenvalue weighted by atomic mass is 35.5. The first-order valence-corrected chi connectivity index (χ1v) is 7.73. The molecule has 2 aliphatic rings. The topological polar surface area (TPSA) is 96.2 Å². The Morgan fingerprint density at radius 3 is 2.33 bits per heavy atom. The third-order valence-corrected chi connectivity index (χ3v) is 4.14. The van der Waals surface area contributed by atoms with Gasteiger partial charge in [0, 0.05) is 18.6 Å². The second kappa shape index (κ2) is 9.10. The fraction of sp³-hybridized carbons (Fsp3) is 0.857. The Balaban J connectivity index is 0.00000220. The summed E-state index contributed by atoms with van der Waals surface area (Å²) in [5.74, 6) is 0.367. The van der Waals surface area contributed by atoms with Gasteiger partial charge in [-0.05, 0) is 31.6 Å². The van der Waals surface area contributed by atoms with E-state index in [1.807, 2.05) is 0 Å². The molecule has 5 N–H and O–H groups in total. The summed E-state index contributed by atoms with van der Waals surface area (Å²) in [4.78, 5) is 23.4. The van der Waals surface area contributed by atoms with E-state index >= 15 is 0 Å². The summed E-state index contributed by atoms with van der Waals surface area (Å²) >= 11 is 0. The van der Waals surface area contributed by atoms with Gasteiger partial charge in [-0.2, -0.15) is 0 Å². The van der Waals surface area contributed by atoms with Crippen molar-refractivity contribution in [2.24, 2.45) is 11.7 Å². The molecule has 3 amide bonds. The minimum atomic E-state index is -0.247. The van der Waals surface area contributed by atoms with E-state index in [0.717, 1.165) is 25.7 Å². The first-order chi connectivity index (χ1) is 9.69.